The highest BCUT2D eigenvalue weighted by Gasteiger charge is 2.31. The highest BCUT2D eigenvalue weighted by molar-refractivity contribution is 6.33. The number of anilines is 1. The van der Waals surface area contributed by atoms with Crippen LogP contribution in [0, 0.1) is 6.92 Å². The first kappa shape index (κ1) is 20.8. The molecule has 0 radical (unpaired) electrons. The molecule has 0 fully saturated rings. The number of ketones is 1. The molecule has 0 saturated carbocycles. The molecule has 0 aliphatic heterocycles. The summed E-state index contributed by atoms with van der Waals surface area (Å²) in [5, 5.41) is 2.29. The minimum absolute atomic E-state index is 0.0250. The minimum atomic E-state index is -4.55. The van der Waals surface area contributed by atoms with Crippen molar-refractivity contribution < 1.29 is 27.5 Å². The highest BCUT2D eigenvalue weighted by atomic mass is 35.5. The van der Waals surface area contributed by atoms with E-state index in [-0.39, 0.29) is 29.3 Å². The van der Waals surface area contributed by atoms with Crippen LogP contribution in [0.5, 0.6) is 5.75 Å². The van der Waals surface area contributed by atoms with E-state index < -0.39 is 17.6 Å². The summed E-state index contributed by atoms with van der Waals surface area (Å²) >= 11 is 5.84. The number of hydrogen-bond donors (Lipinski definition) is 1. The number of aryl methyl sites for hydroxylation is 1. The SMILES string of the molecule is COc1ccc(C)cc1C(=O)CCC(=O)Nc1cc(C(F)(F)F)ccc1Cl. The van der Waals surface area contributed by atoms with Crippen LogP contribution < -0.4 is 10.1 Å². The van der Waals surface area contributed by atoms with Gasteiger partial charge in [0.2, 0.25) is 5.91 Å². The van der Waals surface area contributed by atoms with Gasteiger partial charge in [-0.15, -0.1) is 0 Å². The van der Waals surface area contributed by atoms with E-state index in [0.717, 1.165) is 23.8 Å². The topological polar surface area (TPSA) is 55.4 Å². The van der Waals surface area contributed by atoms with E-state index in [1.165, 1.54) is 7.11 Å². The Balaban J connectivity index is 2.05. The van der Waals surface area contributed by atoms with Gasteiger partial charge in [-0.25, -0.2) is 0 Å². The molecule has 1 N–H and O–H groups in total. The quantitative estimate of drug-likeness (QED) is 0.672. The fourth-order valence-electron chi connectivity index (χ4n) is 2.41. The van der Waals surface area contributed by atoms with Gasteiger partial charge in [-0.2, -0.15) is 13.2 Å². The molecule has 1 amide bonds. The Kier molecular flexibility index (Phi) is 6.49. The second-order valence-electron chi connectivity index (χ2n) is 5.87. The largest absolute Gasteiger partial charge is 0.496 e. The van der Waals surface area contributed by atoms with Crippen LogP contribution in [0.15, 0.2) is 36.4 Å². The lowest BCUT2D eigenvalue weighted by atomic mass is 10.0. The van der Waals surface area contributed by atoms with E-state index in [0.29, 0.717) is 11.3 Å². The van der Waals surface area contributed by atoms with Crippen LogP contribution in [-0.2, 0) is 11.0 Å². The van der Waals surface area contributed by atoms with Crippen molar-refractivity contribution in [1.29, 1.82) is 0 Å². The smallest absolute Gasteiger partial charge is 0.416 e. The maximum absolute atomic E-state index is 12.8. The molecule has 27 heavy (non-hydrogen) atoms. The zero-order valence-corrected chi connectivity index (χ0v) is 15.4. The Hall–Kier alpha value is -2.54. The van der Waals surface area contributed by atoms with E-state index in [2.05, 4.69) is 5.32 Å². The van der Waals surface area contributed by atoms with Gasteiger partial charge in [0, 0.05) is 12.8 Å². The molecule has 0 spiro atoms. The normalized spacial score (nSPS) is 11.2. The number of hydrogen-bond acceptors (Lipinski definition) is 3. The predicted molar refractivity (Wildman–Crippen MR) is 96.4 cm³/mol. The summed E-state index contributed by atoms with van der Waals surface area (Å²) < 4.78 is 43.5. The molecule has 2 aromatic carbocycles. The van der Waals surface area contributed by atoms with Crippen molar-refractivity contribution in [2.24, 2.45) is 0 Å². The summed E-state index contributed by atoms with van der Waals surface area (Å²) in [5.41, 5.74) is 0.126. The molecule has 0 unspecified atom stereocenters. The van der Waals surface area contributed by atoms with Crippen molar-refractivity contribution in [2.75, 3.05) is 12.4 Å². The van der Waals surface area contributed by atoms with Crippen LogP contribution in [0.2, 0.25) is 5.02 Å². The Labute approximate surface area is 159 Å². The third-order valence-corrected chi connectivity index (χ3v) is 4.13. The van der Waals surface area contributed by atoms with Crippen molar-refractivity contribution in [2.45, 2.75) is 25.9 Å². The van der Waals surface area contributed by atoms with Crippen LogP contribution in [0.1, 0.15) is 34.3 Å². The number of nitrogens with one attached hydrogen (secondary N) is 1. The number of alkyl halides is 3. The van der Waals surface area contributed by atoms with E-state index >= 15 is 0 Å². The number of carbonyl (C=O) groups excluding carboxylic acids is 2. The number of carbonyl (C=O) groups is 2. The summed E-state index contributed by atoms with van der Waals surface area (Å²) in [5.74, 6) is -0.524. The molecule has 0 aliphatic rings. The molecule has 0 atom stereocenters. The first-order chi connectivity index (χ1) is 12.6. The Morgan fingerprint density at radius 2 is 1.81 bits per heavy atom. The second-order valence-corrected chi connectivity index (χ2v) is 6.27. The van der Waals surface area contributed by atoms with E-state index in [9.17, 15) is 22.8 Å². The standard InChI is InChI=1S/C19H17ClF3NO3/c1-11-3-7-17(27-2)13(9-11)16(25)6-8-18(26)24-15-10-12(19(21,22)23)4-5-14(15)20/h3-5,7,9-10H,6,8H2,1-2H3,(H,24,26). The van der Waals surface area contributed by atoms with Gasteiger partial charge in [-0.05, 0) is 37.3 Å². The highest BCUT2D eigenvalue weighted by Crippen LogP contribution is 2.34. The van der Waals surface area contributed by atoms with Gasteiger partial charge in [0.15, 0.2) is 5.78 Å². The van der Waals surface area contributed by atoms with E-state index in [1.807, 2.05) is 6.92 Å². The monoisotopic (exact) mass is 399 g/mol. The molecule has 2 aromatic rings. The number of rotatable bonds is 6. The van der Waals surface area contributed by atoms with Gasteiger partial charge in [0.05, 0.1) is 28.9 Å². The van der Waals surface area contributed by atoms with Gasteiger partial charge in [-0.3, -0.25) is 9.59 Å². The molecule has 0 saturated heterocycles. The average molecular weight is 400 g/mol. The van der Waals surface area contributed by atoms with Gasteiger partial charge < -0.3 is 10.1 Å². The van der Waals surface area contributed by atoms with Crippen molar-refractivity contribution in [1.82, 2.24) is 0 Å². The summed E-state index contributed by atoms with van der Waals surface area (Å²) in [6, 6.07) is 7.74. The van der Waals surface area contributed by atoms with Crippen LogP contribution in [0.4, 0.5) is 18.9 Å². The summed E-state index contributed by atoms with van der Waals surface area (Å²) in [4.78, 5) is 24.4. The molecule has 4 nitrogen and oxygen atoms in total. The predicted octanol–water partition coefficient (Wildman–Crippen LogP) is 5.28. The van der Waals surface area contributed by atoms with Crippen molar-refractivity contribution in [3.8, 4) is 5.75 Å². The fraction of sp³-hybridized carbons (Fsp3) is 0.263. The first-order valence-electron chi connectivity index (χ1n) is 7.96. The van der Waals surface area contributed by atoms with Crippen LogP contribution in [0.25, 0.3) is 0 Å². The summed E-state index contributed by atoms with van der Waals surface area (Å²) in [6.45, 7) is 1.82. The minimum Gasteiger partial charge on any atom is -0.496 e. The molecule has 0 aliphatic carbocycles. The van der Waals surface area contributed by atoms with Crippen molar-refractivity contribution in [3.63, 3.8) is 0 Å². The average Bonchev–Trinajstić information content (AvgIpc) is 2.60. The second kappa shape index (κ2) is 8.43. The van der Waals surface area contributed by atoms with Gasteiger partial charge in [0.25, 0.3) is 0 Å². The van der Waals surface area contributed by atoms with Crippen molar-refractivity contribution >= 4 is 29.0 Å². The fourth-order valence-corrected chi connectivity index (χ4v) is 2.58. The Morgan fingerprint density at radius 1 is 1.11 bits per heavy atom. The number of halogens is 4. The Morgan fingerprint density at radius 3 is 2.44 bits per heavy atom. The van der Waals surface area contributed by atoms with Crippen LogP contribution in [-0.4, -0.2) is 18.8 Å². The number of ether oxygens (including phenoxy) is 1. The van der Waals surface area contributed by atoms with Gasteiger partial charge in [0.1, 0.15) is 5.75 Å². The molecule has 2 rings (SSSR count). The van der Waals surface area contributed by atoms with Crippen molar-refractivity contribution in [3.05, 3.63) is 58.1 Å². The molecule has 0 aromatic heterocycles. The number of methoxy groups -OCH3 is 1. The first-order valence-corrected chi connectivity index (χ1v) is 8.34. The van der Waals surface area contributed by atoms with Gasteiger partial charge >= 0.3 is 6.18 Å². The molecular formula is C19H17ClF3NO3. The Bertz CT molecular complexity index is 866. The number of amides is 1. The zero-order chi connectivity index (χ0) is 20.2. The van der Waals surface area contributed by atoms with E-state index in [4.69, 9.17) is 16.3 Å². The number of benzene rings is 2. The summed E-state index contributed by atoms with van der Waals surface area (Å²) in [6.07, 6.45) is -4.88. The maximum atomic E-state index is 12.8. The zero-order valence-electron chi connectivity index (χ0n) is 14.6. The molecule has 0 bridgehead atoms. The summed E-state index contributed by atoms with van der Waals surface area (Å²) in [7, 11) is 1.43. The number of Topliss-reactive ketones (excluding diaryl/α,β-unsaturated/α-hetero) is 1. The van der Waals surface area contributed by atoms with E-state index in [1.54, 1.807) is 18.2 Å². The lowest BCUT2D eigenvalue weighted by Gasteiger charge is -2.12. The lowest BCUT2D eigenvalue weighted by Crippen LogP contribution is -2.15. The third kappa shape index (κ3) is 5.47. The van der Waals surface area contributed by atoms with Crippen LogP contribution in [0.3, 0.4) is 0 Å². The molecular weight excluding hydrogens is 383 g/mol. The lowest BCUT2D eigenvalue weighted by molar-refractivity contribution is -0.137. The van der Waals surface area contributed by atoms with Gasteiger partial charge in [-0.1, -0.05) is 23.2 Å². The maximum Gasteiger partial charge on any atom is 0.416 e. The molecule has 0 heterocycles. The molecule has 144 valence electrons. The molecule has 8 heteroatoms. The van der Waals surface area contributed by atoms with Crippen LogP contribution >= 0.6 is 11.6 Å². The third-order valence-electron chi connectivity index (χ3n) is 3.80.